The number of nitriles is 1. The summed E-state index contributed by atoms with van der Waals surface area (Å²) in [5.74, 6) is 2.07. The molecule has 0 saturated heterocycles. The average Bonchev–Trinajstić information content (AvgIpc) is 2.64. The summed E-state index contributed by atoms with van der Waals surface area (Å²) in [6.07, 6.45) is 0. The van der Waals surface area contributed by atoms with E-state index in [1.54, 1.807) is 0 Å². The van der Waals surface area contributed by atoms with Gasteiger partial charge in [-0.3, -0.25) is 5.41 Å². The van der Waals surface area contributed by atoms with Crippen molar-refractivity contribution in [3.63, 3.8) is 0 Å². The van der Waals surface area contributed by atoms with Crippen LogP contribution in [-0.4, -0.2) is 16.1 Å². The zero-order valence-electron chi connectivity index (χ0n) is 12.1. The molecule has 0 unspecified atom stereocenters. The molecule has 0 aliphatic carbocycles. The molecule has 0 amide bonds. The molecule has 3 rings (SSSR count). The summed E-state index contributed by atoms with van der Waals surface area (Å²) in [7, 11) is 0. The van der Waals surface area contributed by atoms with E-state index in [9.17, 15) is 0 Å². The molecule has 0 aliphatic rings. The van der Waals surface area contributed by atoms with Crippen LogP contribution >= 0.6 is 0 Å². The smallest absolute Gasteiger partial charge is 0.252 e. The normalized spacial score (nSPS) is 9.70. The maximum absolute atomic E-state index is 9.13. The lowest BCUT2D eigenvalue weighted by Crippen LogP contribution is -2.41. The lowest BCUT2D eigenvalue weighted by Gasteiger charge is -2.01. The van der Waals surface area contributed by atoms with Crippen molar-refractivity contribution >= 4 is 11.6 Å². The lowest BCUT2D eigenvalue weighted by atomic mass is 10.1. The Bertz CT molecular complexity index is 863. The van der Waals surface area contributed by atoms with E-state index in [1.165, 1.54) is 0 Å². The maximum Gasteiger partial charge on any atom is 0.405 e. The first-order chi connectivity index (χ1) is 11.3. The third-order valence-electron chi connectivity index (χ3n) is 3.24. The predicted octanol–water partition coefficient (Wildman–Crippen LogP) is 2.71. The average molecular weight is 298 g/mol. The molecule has 0 spiro atoms. The van der Waals surface area contributed by atoms with Crippen molar-refractivity contribution in [3.05, 3.63) is 66.7 Å². The summed E-state index contributed by atoms with van der Waals surface area (Å²) in [4.78, 5) is 1.15. The highest BCUT2D eigenvalue weighted by Crippen LogP contribution is 2.21. The van der Waals surface area contributed by atoms with Crippen LogP contribution in [-0.2, 0) is 0 Å². The molecule has 0 fully saturated rings. The first kappa shape index (κ1) is 14.3. The van der Waals surface area contributed by atoms with Gasteiger partial charge in [-0.05, 0) is 0 Å². The van der Waals surface area contributed by atoms with E-state index >= 15 is 0 Å². The fourth-order valence-electron chi connectivity index (χ4n) is 2.14. The van der Waals surface area contributed by atoms with Crippen LogP contribution < -0.4 is 4.80 Å². The summed E-state index contributed by atoms with van der Waals surface area (Å²) in [5, 5.41) is 25.0. The number of allylic oxidation sites excluding steroid dienone is 1. The molecule has 108 valence electrons. The molecule has 5 heteroatoms. The third-order valence-corrected chi connectivity index (χ3v) is 3.24. The Morgan fingerprint density at radius 3 is 1.74 bits per heavy atom. The topological polar surface area (TPSA) is 77.3 Å². The first-order valence-corrected chi connectivity index (χ1v) is 6.94. The van der Waals surface area contributed by atoms with Crippen LogP contribution in [0.25, 0.3) is 28.2 Å². The van der Waals surface area contributed by atoms with Crippen LogP contribution in [0.5, 0.6) is 0 Å². The zero-order chi connectivity index (χ0) is 16.1. The number of rotatable bonds is 3. The van der Waals surface area contributed by atoms with Crippen LogP contribution in [0.2, 0.25) is 0 Å². The van der Waals surface area contributed by atoms with Crippen LogP contribution in [0.4, 0.5) is 0 Å². The number of benzene rings is 2. The molecule has 1 aromatic heterocycles. The van der Waals surface area contributed by atoms with E-state index in [4.69, 9.17) is 10.7 Å². The molecule has 0 saturated carbocycles. The Hall–Kier alpha value is -3.61. The summed E-state index contributed by atoms with van der Waals surface area (Å²) >= 11 is 0. The molecular weight excluding hydrogens is 286 g/mol. The van der Waals surface area contributed by atoms with Crippen molar-refractivity contribution < 1.29 is 4.80 Å². The summed E-state index contributed by atoms with van der Waals surface area (Å²) in [6.45, 7) is 0. The molecule has 0 aliphatic heterocycles. The Morgan fingerprint density at radius 2 is 1.35 bits per heavy atom. The second kappa shape index (κ2) is 6.44. The van der Waals surface area contributed by atoms with Gasteiger partial charge in [-0.2, -0.15) is 5.26 Å². The van der Waals surface area contributed by atoms with Crippen molar-refractivity contribution in [2.24, 2.45) is 0 Å². The molecule has 1 N–H and O–H groups in total. The highest BCUT2D eigenvalue weighted by atomic mass is 15.5. The molecule has 0 radical (unpaired) electrons. The minimum absolute atomic E-state index is 0.0695. The number of hydrogen-bond acceptors (Lipinski definition) is 4. The van der Waals surface area contributed by atoms with E-state index in [-0.39, 0.29) is 5.70 Å². The molecule has 1 heterocycles. The number of aromatic nitrogens is 3. The SMILES string of the molecule is N#CC(=C=N)[n+]1nc(-c2ccccc2)cc(-c2ccccc2)n1. The highest BCUT2D eigenvalue weighted by Gasteiger charge is 2.19. The van der Waals surface area contributed by atoms with Gasteiger partial charge >= 0.3 is 5.70 Å². The summed E-state index contributed by atoms with van der Waals surface area (Å²) in [5.41, 5.74) is 3.08. The quantitative estimate of drug-likeness (QED) is 0.459. The van der Waals surface area contributed by atoms with Gasteiger partial charge in [0.15, 0.2) is 6.07 Å². The Balaban J connectivity index is 2.23. The summed E-state index contributed by atoms with van der Waals surface area (Å²) < 4.78 is 0. The second-order valence-corrected chi connectivity index (χ2v) is 4.72. The van der Waals surface area contributed by atoms with Crippen molar-refractivity contribution in [2.75, 3.05) is 0 Å². The van der Waals surface area contributed by atoms with Gasteiger partial charge < -0.3 is 0 Å². The van der Waals surface area contributed by atoms with Crippen LogP contribution in [0.1, 0.15) is 0 Å². The van der Waals surface area contributed by atoms with Crippen molar-refractivity contribution in [3.8, 4) is 28.6 Å². The van der Waals surface area contributed by atoms with Crippen molar-refractivity contribution in [1.29, 1.82) is 10.7 Å². The molecule has 5 nitrogen and oxygen atoms in total. The molecule has 23 heavy (non-hydrogen) atoms. The molecule has 0 bridgehead atoms. The van der Waals surface area contributed by atoms with Gasteiger partial charge in [0.1, 0.15) is 11.4 Å². The van der Waals surface area contributed by atoms with Gasteiger partial charge in [0, 0.05) is 27.4 Å². The Kier molecular flexibility index (Phi) is 4.01. The fourth-order valence-corrected chi connectivity index (χ4v) is 2.14. The maximum atomic E-state index is 9.13. The zero-order valence-corrected chi connectivity index (χ0v) is 12.1. The molecular formula is C18H12N5+. The number of nitrogens with one attached hydrogen (secondary N) is 1. The van der Waals surface area contributed by atoms with Crippen molar-refractivity contribution in [1.82, 2.24) is 10.2 Å². The van der Waals surface area contributed by atoms with E-state index in [2.05, 4.69) is 16.1 Å². The van der Waals surface area contributed by atoms with Gasteiger partial charge in [-0.25, -0.2) is 0 Å². The second-order valence-electron chi connectivity index (χ2n) is 4.72. The van der Waals surface area contributed by atoms with Gasteiger partial charge in [0.25, 0.3) is 0 Å². The Morgan fingerprint density at radius 1 is 0.870 bits per heavy atom. The number of hydrogen-bond donors (Lipinski definition) is 1. The minimum atomic E-state index is -0.0695. The van der Waals surface area contributed by atoms with Gasteiger partial charge in [-0.1, -0.05) is 60.7 Å². The fraction of sp³-hybridized carbons (Fsp3) is 0. The molecule has 2 aromatic carbocycles. The summed E-state index contributed by atoms with van der Waals surface area (Å²) in [6, 6.07) is 23.0. The van der Waals surface area contributed by atoms with Crippen LogP contribution in [0, 0.1) is 16.7 Å². The van der Waals surface area contributed by atoms with E-state index in [1.807, 2.05) is 72.8 Å². The number of nitrogens with zero attached hydrogens (tertiary/aromatic N) is 4. The van der Waals surface area contributed by atoms with Crippen LogP contribution in [0.15, 0.2) is 66.7 Å². The first-order valence-electron chi connectivity index (χ1n) is 6.94. The van der Waals surface area contributed by atoms with E-state index in [0.29, 0.717) is 11.4 Å². The standard InChI is InChI=1S/C18H12N5/c19-12-16(13-20)23-21-17(14-7-3-1-4-8-14)11-18(22-23)15-9-5-2-6-10-15/h1-11,19H/q+1. The molecule has 0 atom stereocenters. The Labute approximate surface area is 133 Å². The lowest BCUT2D eigenvalue weighted by molar-refractivity contribution is -0.700. The minimum Gasteiger partial charge on any atom is -0.252 e. The van der Waals surface area contributed by atoms with E-state index in [0.717, 1.165) is 15.9 Å². The van der Waals surface area contributed by atoms with Crippen LogP contribution in [0.3, 0.4) is 0 Å². The van der Waals surface area contributed by atoms with Crippen molar-refractivity contribution in [2.45, 2.75) is 0 Å². The third kappa shape index (κ3) is 3.03. The van der Waals surface area contributed by atoms with Gasteiger partial charge in [0.05, 0.1) is 10.7 Å². The van der Waals surface area contributed by atoms with Gasteiger partial charge in [0.2, 0.25) is 0 Å². The van der Waals surface area contributed by atoms with Gasteiger partial charge in [-0.15, -0.1) is 0 Å². The monoisotopic (exact) mass is 298 g/mol. The largest absolute Gasteiger partial charge is 0.405 e. The highest BCUT2D eigenvalue weighted by molar-refractivity contribution is 5.80. The predicted molar refractivity (Wildman–Crippen MR) is 86.1 cm³/mol. The van der Waals surface area contributed by atoms with E-state index < -0.39 is 0 Å². The molecule has 3 aromatic rings.